The fourth-order valence-corrected chi connectivity index (χ4v) is 3.19. The van der Waals surface area contributed by atoms with Crippen LogP contribution in [0.5, 0.6) is 0 Å². The molecule has 0 fully saturated rings. The van der Waals surface area contributed by atoms with Gasteiger partial charge < -0.3 is 0 Å². The summed E-state index contributed by atoms with van der Waals surface area (Å²) in [6, 6.07) is 15.5. The van der Waals surface area contributed by atoms with Gasteiger partial charge in [0.15, 0.2) is 5.78 Å². The lowest BCUT2D eigenvalue weighted by Crippen LogP contribution is -2.26. The molecule has 0 bridgehead atoms. The lowest BCUT2D eigenvalue weighted by molar-refractivity contribution is 0.101. The van der Waals surface area contributed by atoms with E-state index in [0.717, 1.165) is 5.56 Å². The van der Waals surface area contributed by atoms with E-state index >= 15 is 0 Å². The molecule has 0 unspecified atom stereocenters. The van der Waals surface area contributed by atoms with Crippen molar-refractivity contribution in [3.05, 3.63) is 65.7 Å². The molecule has 0 aliphatic heterocycles. The summed E-state index contributed by atoms with van der Waals surface area (Å²) in [5.41, 5.74) is 1.30. The number of hydrogen-bond acceptors (Lipinski definition) is 3. The standard InChI is InChI=1S/C16H17NO3S/c1-13(18)15-9-6-10-16(11-15)21(19,20)17(2)12-14-7-4-3-5-8-14/h3-11H,12H2,1-2H3. The molecular formula is C16H17NO3S. The van der Waals surface area contributed by atoms with E-state index in [1.807, 2.05) is 30.3 Å². The highest BCUT2D eigenvalue weighted by Crippen LogP contribution is 2.18. The van der Waals surface area contributed by atoms with Gasteiger partial charge >= 0.3 is 0 Å². The summed E-state index contributed by atoms with van der Waals surface area (Å²) in [7, 11) is -2.08. The van der Waals surface area contributed by atoms with Crippen molar-refractivity contribution >= 4 is 15.8 Å². The predicted octanol–water partition coefficient (Wildman–Crippen LogP) is 2.71. The smallest absolute Gasteiger partial charge is 0.243 e. The summed E-state index contributed by atoms with van der Waals surface area (Å²) in [5.74, 6) is -0.155. The maximum Gasteiger partial charge on any atom is 0.243 e. The molecule has 2 rings (SSSR count). The minimum absolute atomic E-state index is 0.133. The van der Waals surface area contributed by atoms with Crippen molar-refractivity contribution in [1.82, 2.24) is 4.31 Å². The van der Waals surface area contributed by atoms with Gasteiger partial charge in [0, 0.05) is 19.2 Å². The highest BCUT2D eigenvalue weighted by molar-refractivity contribution is 7.89. The largest absolute Gasteiger partial charge is 0.295 e. The van der Waals surface area contributed by atoms with Crippen LogP contribution in [0.3, 0.4) is 0 Å². The SMILES string of the molecule is CC(=O)c1cccc(S(=O)(=O)N(C)Cc2ccccc2)c1. The molecule has 0 saturated heterocycles. The fraction of sp³-hybridized carbons (Fsp3) is 0.188. The van der Waals surface area contributed by atoms with Gasteiger partial charge in [0.05, 0.1) is 4.90 Å². The van der Waals surface area contributed by atoms with E-state index in [-0.39, 0.29) is 17.2 Å². The number of ketones is 1. The Kier molecular flexibility index (Phi) is 4.55. The van der Waals surface area contributed by atoms with Gasteiger partial charge in [-0.05, 0) is 24.6 Å². The molecule has 5 heteroatoms. The van der Waals surface area contributed by atoms with Crippen LogP contribution in [0.4, 0.5) is 0 Å². The Morgan fingerprint density at radius 2 is 1.71 bits per heavy atom. The highest BCUT2D eigenvalue weighted by Gasteiger charge is 2.21. The number of hydrogen-bond donors (Lipinski definition) is 0. The topological polar surface area (TPSA) is 54.5 Å². The Morgan fingerprint density at radius 3 is 2.33 bits per heavy atom. The van der Waals surface area contributed by atoms with Crippen LogP contribution in [0, 0.1) is 0 Å². The molecular weight excluding hydrogens is 286 g/mol. The lowest BCUT2D eigenvalue weighted by atomic mass is 10.2. The zero-order chi connectivity index (χ0) is 15.5. The molecule has 0 spiro atoms. The quantitative estimate of drug-likeness (QED) is 0.798. The normalized spacial score (nSPS) is 11.6. The van der Waals surface area contributed by atoms with Gasteiger partial charge in [-0.2, -0.15) is 4.31 Å². The summed E-state index contributed by atoms with van der Waals surface area (Å²) < 4.78 is 26.3. The molecule has 0 aliphatic carbocycles. The van der Waals surface area contributed by atoms with Gasteiger partial charge in [-0.25, -0.2) is 8.42 Å². The molecule has 2 aromatic rings. The molecule has 4 nitrogen and oxygen atoms in total. The second-order valence-electron chi connectivity index (χ2n) is 4.83. The molecule has 0 amide bonds. The number of sulfonamides is 1. The van der Waals surface area contributed by atoms with Crippen molar-refractivity contribution < 1.29 is 13.2 Å². The molecule has 0 aromatic heterocycles. The number of carbonyl (C=O) groups excluding carboxylic acids is 1. The van der Waals surface area contributed by atoms with Gasteiger partial charge in [-0.15, -0.1) is 0 Å². The Balaban J connectivity index is 2.29. The molecule has 21 heavy (non-hydrogen) atoms. The van der Waals surface area contributed by atoms with Crippen molar-refractivity contribution in [2.75, 3.05) is 7.05 Å². The summed E-state index contributed by atoms with van der Waals surface area (Å²) >= 11 is 0. The summed E-state index contributed by atoms with van der Waals surface area (Å²) in [5, 5.41) is 0. The van der Waals surface area contributed by atoms with Crippen molar-refractivity contribution in [3.8, 4) is 0 Å². The molecule has 2 aromatic carbocycles. The average Bonchev–Trinajstić information content (AvgIpc) is 2.48. The monoisotopic (exact) mass is 303 g/mol. The van der Waals surface area contributed by atoms with Gasteiger partial charge in [0.2, 0.25) is 10.0 Å². The van der Waals surface area contributed by atoms with E-state index in [9.17, 15) is 13.2 Å². The van der Waals surface area contributed by atoms with Crippen LogP contribution >= 0.6 is 0 Å². The van der Waals surface area contributed by atoms with Crippen molar-refractivity contribution in [2.24, 2.45) is 0 Å². The Hall–Kier alpha value is -1.98. The first-order valence-corrected chi connectivity index (χ1v) is 7.96. The van der Waals surface area contributed by atoms with E-state index < -0.39 is 10.0 Å². The maximum absolute atomic E-state index is 12.5. The first-order valence-electron chi connectivity index (χ1n) is 6.52. The van der Waals surface area contributed by atoms with Crippen molar-refractivity contribution in [3.63, 3.8) is 0 Å². The third-order valence-corrected chi connectivity index (χ3v) is 5.00. The number of rotatable bonds is 5. The Bertz CT molecular complexity index is 739. The molecule has 0 radical (unpaired) electrons. The van der Waals surface area contributed by atoms with E-state index in [1.165, 1.54) is 30.4 Å². The number of Topliss-reactive ketones (excluding diaryl/α,β-unsaturated/α-hetero) is 1. The number of carbonyl (C=O) groups is 1. The van der Waals surface area contributed by atoms with Crippen molar-refractivity contribution in [1.29, 1.82) is 0 Å². The summed E-state index contributed by atoms with van der Waals surface area (Å²) in [6.07, 6.45) is 0. The van der Waals surface area contributed by atoms with Gasteiger partial charge in [-0.3, -0.25) is 4.79 Å². The van der Waals surface area contributed by atoms with Crippen LogP contribution in [-0.4, -0.2) is 25.6 Å². The zero-order valence-corrected chi connectivity index (χ0v) is 12.8. The molecule has 0 saturated carbocycles. The highest BCUT2D eigenvalue weighted by atomic mass is 32.2. The molecule has 0 heterocycles. The zero-order valence-electron chi connectivity index (χ0n) is 12.0. The number of benzene rings is 2. The third kappa shape index (κ3) is 3.56. The first kappa shape index (κ1) is 15.4. The number of nitrogens with zero attached hydrogens (tertiary/aromatic N) is 1. The molecule has 0 aliphatic rings. The van der Waals surface area contributed by atoms with Crippen LogP contribution < -0.4 is 0 Å². The van der Waals surface area contributed by atoms with Crippen molar-refractivity contribution in [2.45, 2.75) is 18.4 Å². The average molecular weight is 303 g/mol. The third-order valence-electron chi connectivity index (χ3n) is 3.20. The minimum Gasteiger partial charge on any atom is -0.295 e. The summed E-state index contributed by atoms with van der Waals surface area (Å²) in [4.78, 5) is 11.5. The van der Waals surface area contributed by atoms with Crippen LogP contribution in [0.15, 0.2) is 59.5 Å². The van der Waals surface area contributed by atoms with E-state index in [2.05, 4.69) is 0 Å². The van der Waals surface area contributed by atoms with E-state index in [4.69, 9.17) is 0 Å². The molecule has 0 N–H and O–H groups in total. The maximum atomic E-state index is 12.5. The minimum atomic E-state index is -3.61. The van der Waals surface area contributed by atoms with Crippen LogP contribution in [0.25, 0.3) is 0 Å². The first-order chi connectivity index (χ1) is 9.91. The fourth-order valence-electron chi connectivity index (χ4n) is 1.98. The predicted molar refractivity (Wildman–Crippen MR) is 81.5 cm³/mol. The Labute approximate surface area is 125 Å². The molecule has 0 atom stereocenters. The van der Waals surface area contributed by atoms with Crippen LogP contribution in [-0.2, 0) is 16.6 Å². The van der Waals surface area contributed by atoms with E-state index in [1.54, 1.807) is 12.1 Å². The lowest BCUT2D eigenvalue weighted by Gasteiger charge is -2.17. The van der Waals surface area contributed by atoms with Gasteiger partial charge in [-0.1, -0.05) is 42.5 Å². The van der Waals surface area contributed by atoms with Gasteiger partial charge in [0.1, 0.15) is 0 Å². The Morgan fingerprint density at radius 1 is 1.05 bits per heavy atom. The molecule has 110 valence electrons. The van der Waals surface area contributed by atoms with Gasteiger partial charge in [0.25, 0.3) is 0 Å². The second kappa shape index (κ2) is 6.20. The van der Waals surface area contributed by atoms with E-state index in [0.29, 0.717) is 5.56 Å². The van der Waals surface area contributed by atoms with Crippen LogP contribution in [0.2, 0.25) is 0 Å². The second-order valence-corrected chi connectivity index (χ2v) is 6.88. The van der Waals surface area contributed by atoms with Crippen LogP contribution in [0.1, 0.15) is 22.8 Å². The summed E-state index contributed by atoms with van der Waals surface area (Å²) in [6.45, 7) is 1.70.